The zero-order valence-electron chi connectivity index (χ0n) is 32.6. The van der Waals surface area contributed by atoms with Crippen LogP contribution in [0.3, 0.4) is 0 Å². The first kappa shape index (κ1) is 42.8. The Labute approximate surface area is 291 Å². The van der Waals surface area contributed by atoms with Gasteiger partial charge in [0.25, 0.3) is 0 Å². The Balaban J connectivity index is 2.60. The number of methoxy groups -OCH3 is 1. The highest BCUT2D eigenvalue weighted by molar-refractivity contribution is 5.80. The van der Waals surface area contributed by atoms with Crippen LogP contribution in [0.2, 0.25) is 0 Å². The van der Waals surface area contributed by atoms with E-state index in [4.69, 9.17) is 18.9 Å². The summed E-state index contributed by atoms with van der Waals surface area (Å²) in [4.78, 5) is 30.6. The summed E-state index contributed by atoms with van der Waals surface area (Å²) in [5, 5.41) is 26.4. The number of carbonyl (C=O) groups excluding carboxylic acids is 2. The van der Waals surface area contributed by atoms with E-state index in [2.05, 4.69) is 38.0 Å². The van der Waals surface area contributed by atoms with E-state index in [-0.39, 0.29) is 54.7 Å². The molecular weight excluding hydrogens is 614 g/mol. The Morgan fingerprint density at radius 3 is 2.33 bits per heavy atom. The molecule has 3 N–H and O–H groups in total. The van der Waals surface area contributed by atoms with Crippen LogP contribution in [0.25, 0.3) is 0 Å². The molecule has 0 unspecified atom stereocenters. The van der Waals surface area contributed by atoms with E-state index in [1.807, 2.05) is 48.5 Å². The fourth-order valence-electron chi connectivity index (χ4n) is 8.13. The van der Waals surface area contributed by atoms with Crippen LogP contribution in [0.1, 0.15) is 102 Å². The van der Waals surface area contributed by atoms with Crippen LogP contribution in [0.4, 0.5) is 0 Å². The number of hydrogen-bond donors (Lipinski definition) is 3. The van der Waals surface area contributed by atoms with Crippen molar-refractivity contribution in [3.05, 3.63) is 0 Å². The molecule has 2 amide bonds. The number of hydrogen-bond acceptors (Lipinski definition) is 9. The molecule has 0 spiro atoms. The molecule has 11 heteroatoms. The maximum absolute atomic E-state index is 13.7. The Kier molecular flexibility index (Phi) is 16.3. The van der Waals surface area contributed by atoms with Gasteiger partial charge in [0.1, 0.15) is 0 Å². The van der Waals surface area contributed by atoms with Crippen LogP contribution in [-0.2, 0) is 28.5 Å². The zero-order valence-corrected chi connectivity index (χ0v) is 32.6. The van der Waals surface area contributed by atoms with Crippen molar-refractivity contribution in [2.45, 2.75) is 156 Å². The van der Waals surface area contributed by atoms with Crippen molar-refractivity contribution in [1.82, 2.24) is 15.1 Å². The largest absolute Gasteiger partial charge is 0.390 e. The molecule has 2 aliphatic rings. The van der Waals surface area contributed by atoms with Crippen LogP contribution in [0.5, 0.6) is 0 Å². The van der Waals surface area contributed by atoms with E-state index in [1.54, 1.807) is 26.0 Å². The van der Waals surface area contributed by atoms with Gasteiger partial charge in [0.2, 0.25) is 11.8 Å². The van der Waals surface area contributed by atoms with Gasteiger partial charge in [-0.2, -0.15) is 0 Å². The smallest absolute Gasteiger partial charge is 0.225 e. The molecule has 0 aromatic heterocycles. The molecule has 2 rings (SSSR count). The predicted molar refractivity (Wildman–Crippen MR) is 188 cm³/mol. The number of carbonyl (C=O) groups is 2. The second-order valence-electron chi connectivity index (χ2n) is 16.1. The van der Waals surface area contributed by atoms with Gasteiger partial charge < -0.3 is 44.3 Å². The first-order valence-electron chi connectivity index (χ1n) is 18.3. The van der Waals surface area contributed by atoms with Gasteiger partial charge in [0, 0.05) is 58.0 Å². The summed E-state index contributed by atoms with van der Waals surface area (Å²) < 4.78 is 26.1. The van der Waals surface area contributed by atoms with Crippen molar-refractivity contribution in [3.8, 4) is 0 Å². The maximum atomic E-state index is 13.7. The zero-order chi connectivity index (χ0) is 36.7. The number of aliphatic hydroxyl groups is 2. The average molecular weight is 686 g/mol. The van der Waals surface area contributed by atoms with E-state index >= 15 is 0 Å². The number of aliphatic hydroxyl groups excluding tert-OH is 1. The Morgan fingerprint density at radius 1 is 1.15 bits per heavy atom. The van der Waals surface area contributed by atoms with Gasteiger partial charge in [-0.25, -0.2) is 0 Å². The van der Waals surface area contributed by atoms with Gasteiger partial charge >= 0.3 is 0 Å². The first-order chi connectivity index (χ1) is 22.2. The maximum Gasteiger partial charge on any atom is 0.225 e. The molecule has 0 bridgehead atoms. The SMILES string of the molecule is CCN(C)[C@H]1C[C@@H](C)O[C@@H](O[C@@H]2[C@@H](C)[C@H](O[C@H](C)C[C@@](C)(OC)[C@@H](O)C(C)C)[C@@H](C)C(=O)NCCC(=O)N(C)C[C@H](C)C[C@@]2(C)O)[C@@H]1C. The number of nitrogens with one attached hydrogen (secondary N) is 1. The summed E-state index contributed by atoms with van der Waals surface area (Å²) >= 11 is 0. The van der Waals surface area contributed by atoms with E-state index in [0.717, 1.165) is 13.0 Å². The van der Waals surface area contributed by atoms with E-state index < -0.39 is 53.7 Å². The molecule has 0 aromatic rings. The fraction of sp³-hybridized carbons (Fsp3) is 0.946. The van der Waals surface area contributed by atoms with Crippen LogP contribution in [0, 0.1) is 29.6 Å². The number of amides is 2. The molecular formula is C37H71N3O8. The molecule has 0 radical (unpaired) electrons. The van der Waals surface area contributed by atoms with Crippen LogP contribution in [-0.4, -0.2) is 127 Å². The second-order valence-corrected chi connectivity index (χ2v) is 16.1. The lowest BCUT2D eigenvalue weighted by atomic mass is 9.77. The van der Waals surface area contributed by atoms with E-state index in [1.165, 1.54) is 0 Å². The number of ether oxygens (including phenoxy) is 4. The molecule has 2 saturated heterocycles. The topological polar surface area (TPSA) is 130 Å². The predicted octanol–water partition coefficient (Wildman–Crippen LogP) is 4.08. The lowest BCUT2D eigenvalue weighted by Crippen LogP contribution is -2.58. The van der Waals surface area contributed by atoms with Gasteiger partial charge in [-0.3, -0.25) is 9.59 Å². The minimum Gasteiger partial charge on any atom is -0.390 e. The van der Waals surface area contributed by atoms with Crippen molar-refractivity contribution in [3.63, 3.8) is 0 Å². The molecule has 2 fully saturated rings. The first-order valence-corrected chi connectivity index (χ1v) is 18.3. The normalized spacial score (nSPS) is 37.5. The number of rotatable bonds is 11. The van der Waals surface area contributed by atoms with Crippen molar-refractivity contribution in [2.24, 2.45) is 29.6 Å². The van der Waals surface area contributed by atoms with Crippen LogP contribution >= 0.6 is 0 Å². The molecule has 11 nitrogen and oxygen atoms in total. The minimum atomic E-state index is -1.36. The monoisotopic (exact) mass is 686 g/mol. The molecule has 0 aliphatic carbocycles. The molecule has 282 valence electrons. The molecule has 13 atom stereocenters. The summed E-state index contributed by atoms with van der Waals surface area (Å²) in [6.07, 6.45) is -1.45. The third kappa shape index (κ3) is 11.1. The van der Waals surface area contributed by atoms with Gasteiger partial charge in [-0.15, -0.1) is 0 Å². The molecule has 0 saturated carbocycles. The molecule has 2 aliphatic heterocycles. The summed E-state index contributed by atoms with van der Waals surface area (Å²) in [6.45, 7) is 23.2. The average Bonchev–Trinajstić information content (AvgIpc) is 3.00. The van der Waals surface area contributed by atoms with Gasteiger partial charge in [-0.1, -0.05) is 48.5 Å². The quantitative estimate of drug-likeness (QED) is 0.295. The second kappa shape index (κ2) is 18.2. The fourth-order valence-corrected chi connectivity index (χ4v) is 8.13. The van der Waals surface area contributed by atoms with Gasteiger partial charge in [0.05, 0.1) is 47.6 Å². The summed E-state index contributed by atoms with van der Waals surface area (Å²) in [6, 6.07) is 0.233. The lowest BCUT2D eigenvalue weighted by molar-refractivity contribution is -0.288. The molecule has 2 heterocycles. The van der Waals surface area contributed by atoms with Gasteiger partial charge in [-0.05, 0) is 66.0 Å². The van der Waals surface area contributed by atoms with Crippen molar-refractivity contribution >= 4 is 11.8 Å². The molecule has 48 heavy (non-hydrogen) atoms. The highest BCUT2D eigenvalue weighted by Crippen LogP contribution is 2.39. The van der Waals surface area contributed by atoms with Gasteiger partial charge in [0.15, 0.2) is 6.29 Å². The van der Waals surface area contributed by atoms with Crippen LogP contribution < -0.4 is 5.32 Å². The minimum absolute atomic E-state index is 0.0161. The van der Waals surface area contributed by atoms with Crippen LogP contribution in [0.15, 0.2) is 0 Å². The van der Waals surface area contributed by atoms with Crippen molar-refractivity contribution in [1.29, 1.82) is 0 Å². The standard InChI is InChI=1S/C37H71N3O8/c1-15-39(12)29-18-24(5)47-35(26(29)7)48-33-27(8)31(46-25(6)20-37(11,45-14)32(42)22(2)3)28(9)34(43)38-17-16-30(41)40(13)21-23(4)19-36(33,10)44/h22-29,31-33,35,42,44H,15-21H2,1-14H3,(H,38,43)/t23-,24-,25-,26-,27+,28-,29+,31+,32+,33-,35+,36-,37-/m1/s1. The Hall–Kier alpha value is -1.34. The van der Waals surface area contributed by atoms with Crippen molar-refractivity contribution < 1.29 is 38.7 Å². The third-order valence-electron chi connectivity index (χ3n) is 11.1. The summed E-state index contributed by atoms with van der Waals surface area (Å²) in [5.74, 6) is -1.48. The third-order valence-corrected chi connectivity index (χ3v) is 11.1. The Bertz CT molecular complexity index is 1010. The lowest BCUT2D eigenvalue weighted by Gasteiger charge is -2.48. The summed E-state index contributed by atoms with van der Waals surface area (Å²) in [7, 11) is 5.47. The summed E-state index contributed by atoms with van der Waals surface area (Å²) in [5.41, 5.74) is -2.24. The van der Waals surface area contributed by atoms with E-state index in [9.17, 15) is 19.8 Å². The highest BCUT2D eigenvalue weighted by atomic mass is 16.7. The highest BCUT2D eigenvalue weighted by Gasteiger charge is 2.48. The molecule has 0 aromatic carbocycles. The van der Waals surface area contributed by atoms with E-state index in [0.29, 0.717) is 19.4 Å². The number of nitrogens with zero attached hydrogens (tertiary/aromatic N) is 2. The van der Waals surface area contributed by atoms with Crippen molar-refractivity contribution in [2.75, 3.05) is 40.8 Å². The Morgan fingerprint density at radius 2 is 1.77 bits per heavy atom.